The molecule has 0 radical (unpaired) electrons. The molecule has 0 bridgehead atoms. The van der Waals surface area contributed by atoms with Gasteiger partial charge in [-0.05, 0) is 56.4 Å². The van der Waals surface area contributed by atoms with Gasteiger partial charge in [0.25, 0.3) is 0 Å². The van der Waals surface area contributed by atoms with E-state index in [-0.39, 0.29) is 29.4 Å². The number of aryl methyl sites for hydroxylation is 1. The highest BCUT2D eigenvalue weighted by molar-refractivity contribution is 7.89. The van der Waals surface area contributed by atoms with Crippen LogP contribution in [-0.4, -0.2) is 38.7 Å². The van der Waals surface area contributed by atoms with E-state index in [1.54, 1.807) is 43.3 Å². The van der Waals surface area contributed by atoms with Crippen LogP contribution in [-0.2, 0) is 19.6 Å². The quantitative estimate of drug-likeness (QED) is 0.665. The molecule has 1 aromatic carbocycles. The van der Waals surface area contributed by atoms with Gasteiger partial charge in [0.05, 0.1) is 11.0 Å². The molecule has 1 aliphatic carbocycles. The van der Waals surface area contributed by atoms with Crippen molar-refractivity contribution in [1.82, 2.24) is 9.88 Å². The number of carbonyl (C=O) groups excluding carboxylic acids is 1. The maximum Gasteiger partial charge on any atom is 0.240 e. The minimum absolute atomic E-state index is 0.0130. The summed E-state index contributed by atoms with van der Waals surface area (Å²) in [5.41, 5.74) is 1.98. The monoisotopic (exact) mass is 431 g/mol. The summed E-state index contributed by atoms with van der Waals surface area (Å²) in [5, 5.41) is 6.80. The minimum Gasteiger partial charge on any atom is -0.377 e. The molecule has 1 saturated carbocycles. The number of hydrogen-bond donors (Lipinski definition) is 2. The fourth-order valence-electron chi connectivity index (χ4n) is 3.25. The Labute approximate surface area is 175 Å². The normalized spacial score (nSPS) is 19.4. The highest BCUT2D eigenvalue weighted by Crippen LogP contribution is 2.32. The Kier molecular flexibility index (Phi) is 6.03. The summed E-state index contributed by atoms with van der Waals surface area (Å²) in [6, 6.07) is 6.53. The summed E-state index contributed by atoms with van der Waals surface area (Å²) in [5.74, 6) is 0.525. The van der Waals surface area contributed by atoms with Crippen molar-refractivity contribution in [3.63, 3.8) is 0 Å². The van der Waals surface area contributed by atoms with Crippen molar-refractivity contribution in [3.8, 4) is 0 Å². The van der Waals surface area contributed by atoms with Crippen LogP contribution in [0.3, 0.4) is 0 Å². The largest absolute Gasteiger partial charge is 0.377 e. The van der Waals surface area contributed by atoms with Gasteiger partial charge in [-0.1, -0.05) is 23.4 Å². The number of sulfonamides is 1. The van der Waals surface area contributed by atoms with Gasteiger partial charge in [-0.3, -0.25) is 4.79 Å². The maximum atomic E-state index is 12.4. The topological polar surface area (TPSA) is 111 Å². The van der Waals surface area contributed by atoms with E-state index in [2.05, 4.69) is 15.2 Å². The maximum absolute atomic E-state index is 12.4. The zero-order chi connectivity index (χ0) is 21.1. The Balaban J connectivity index is 1.41. The fraction of sp³-hybridized carbons (Fsp3) is 0.429. The Morgan fingerprint density at radius 2 is 1.97 bits per heavy atom. The lowest BCUT2D eigenvalue weighted by Gasteiger charge is -2.11. The molecule has 9 heteroatoms. The Morgan fingerprint density at radius 1 is 1.20 bits per heavy atom. The van der Waals surface area contributed by atoms with Crippen LogP contribution in [0, 0.1) is 12.8 Å². The van der Waals surface area contributed by atoms with E-state index in [4.69, 9.17) is 9.26 Å². The Hall–Kier alpha value is -2.49. The first-order chi connectivity index (χ1) is 14.4. The van der Waals surface area contributed by atoms with E-state index in [9.17, 15) is 13.2 Å². The molecule has 0 unspecified atom stereocenters. The summed E-state index contributed by atoms with van der Waals surface area (Å²) in [4.78, 5) is 12.2. The lowest BCUT2D eigenvalue weighted by atomic mass is 10.2. The van der Waals surface area contributed by atoms with E-state index in [0.29, 0.717) is 23.7 Å². The van der Waals surface area contributed by atoms with Crippen LogP contribution in [0.2, 0.25) is 0 Å². The molecule has 4 rings (SSSR count). The molecule has 30 heavy (non-hydrogen) atoms. The second kappa shape index (κ2) is 8.71. The van der Waals surface area contributed by atoms with Crippen molar-refractivity contribution >= 4 is 33.8 Å². The van der Waals surface area contributed by atoms with E-state index in [0.717, 1.165) is 31.2 Å². The van der Waals surface area contributed by atoms with Crippen LogP contribution in [0.4, 0.5) is 5.69 Å². The van der Waals surface area contributed by atoms with E-state index in [1.807, 2.05) is 0 Å². The highest BCUT2D eigenvalue weighted by Gasteiger charge is 2.30. The number of ether oxygens (including phenoxy) is 1. The molecule has 1 saturated heterocycles. The number of nitrogens with zero attached hydrogens (tertiary/aromatic N) is 1. The first-order valence-electron chi connectivity index (χ1n) is 10.1. The van der Waals surface area contributed by atoms with Gasteiger partial charge in [0, 0.05) is 19.1 Å². The molecule has 2 heterocycles. The molecular weight excluding hydrogens is 406 g/mol. The van der Waals surface area contributed by atoms with Crippen LogP contribution >= 0.6 is 0 Å². The van der Waals surface area contributed by atoms with Crippen molar-refractivity contribution in [2.24, 2.45) is 5.92 Å². The summed E-state index contributed by atoms with van der Waals surface area (Å²) in [6.45, 7) is 2.74. The molecule has 2 fully saturated rings. The smallest absolute Gasteiger partial charge is 0.240 e. The minimum atomic E-state index is -3.58. The summed E-state index contributed by atoms with van der Waals surface area (Å²) in [7, 11) is -3.58. The van der Waals surface area contributed by atoms with Gasteiger partial charge in [0.15, 0.2) is 5.76 Å². The predicted octanol–water partition coefficient (Wildman–Crippen LogP) is 2.96. The van der Waals surface area contributed by atoms with Crippen LogP contribution in [0.15, 0.2) is 33.7 Å². The van der Waals surface area contributed by atoms with Gasteiger partial charge < -0.3 is 14.6 Å². The molecule has 1 amide bonds. The molecule has 8 nitrogen and oxygen atoms in total. The Morgan fingerprint density at radius 3 is 2.63 bits per heavy atom. The standard InChI is InChI=1S/C21H25N3O5S/c1-14-20(23-21(25)16-7-8-16)19(29-24-14)11-6-15-4-9-18(10-5-15)30(26,27)22-13-17-3-2-12-28-17/h4-6,9-11,16-17,22H,2-3,7-8,12-13H2,1H3,(H,23,25)/b11-6-/t17-/m1/s1. The lowest BCUT2D eigenvalue weighted by molar-refractivity contribution is -0.117. The number of carbonyl (C=O) groups is 1. The van der Waals surface area contributed by atoms with Crippen LogP contribution in [0.25, 0.3) is 12.2 Å². The molecule has 160 valence electrons. The summed E-state index contributed by atoms with van der Waals surface area (Å²) >= 11 is 0. The molecular formula is C21H25N3O5S. The van der Waals surface area contributed by atoms with E-state index < -0.39 is 10.0 Å². The molecule has 2 aliphatic rings. The second-order valence-electron chi connectivity index (χ2n) is 7.66. The third kappa shape index (κ3) is 4.97. The number of nitrogens with one attached hydrogen (secondary N) is 2. The van der Waals surface area contributed by atoms with Crippen LogP contribution in [0.5, 0.6) is 0 Å². The van der Waals surface area contributed by atoms with Crippen LogP contribution < -0.4 is 10.0 Å². The van der Waals surface area contributed by atoms with E-state index >= 15 is 0 Å². The van der Waals surface area contributed by atoms with Crippen molar-refractivity contribution < 1.29 is 22.5 Å². The van der Waals surface area contributed by atoms with Crippen molar-refractivity contribution in [3.05, 3.63) is 41.3 Å². The lowest BCUT2D eigenvalue weighted by Crippen LogP contribution is -2.31. The van der Waals surface area contributed by atoms with Gasteiger partial charge in [-0.15, -0.1) is 0 Å². The van der Waals surface area contributed by atoms with Crippen molar-refractivity contribution in [2.45, 2.75) is 43.6 Å². The number of benzene rings is 1. The second-order valence-corrected chi connectivity index (χ2v) is 9.43. The average molecular weight is 432 g/mol. The highest BCUT2D eigenvalue weighted by atomic mass is 32.2. The van der Waals surface area contributed by atoms with Crippen LogP contribution in [0.1, 0.15) is 42.7 Å². The molecule has 1 atom stereocenters. The number of amides is 1. The number of aromatic nitrogens is 1. The zero-order valence-corrected chi connectivity index (χ0v) is 17.6. The van der Waals surface area contributed by atoms with E-state index in [1.165, 1.54) is 0 Å². The number of rotatable bonds is 8. The van der Waals surface area contributed by atoms with Gasteiger partial charge in [-0.25, -0.2) is 13.1 Å². The predicted molar refractivity (Wildman–Crippen MR) is 112 cm³/mol. The zero-order valence-electron chi connectivity index (χ0n) is 16.8. The van der Waals surface area contributed by atoms with Crippen molar-refractivity contribution in [2.75, 3.05) is 18.5 Å². The third-order valence-electron chi connectivity index (χ3n) is 5.23. The summed E-state index contributed by atoms with van der Waals surface area (Å²) in [6.07, 6.45) is 7.10. The molecule has 2 aromatic rings. The molecule has 0 spiro atoms. The van der Waals surface area contributed by atoms with Gasteiger partial charge >= 0.3 is 0 Å². The first-order valence-corrected chi connectivity index (χ1v) is 11.6. The van der Waals surface area contributed by atoms with Gasteiger partial charge in [0.1, 0.15) is 11.4 Å². The fourth-order valence-corrected chi connectivity index (χ4v) is 4.31. The molecule has 1 aliphatic heterocycles. The molecule has 1 aromatic heterocycles. The number of hydrogen-bond acceptors (Lipinski definition) is 6. The van der Waals surface area contributed by atoms with Gasteiger partial charge in [0.2, 0.25) is 15.9 Å². The average Bonchev–Trinajstić information content (AvgIpc) is 3.36. The first kappa shape index (κ1) is 20.8. The number of anilines is 1. The summed E-state index contributed by atoms with van der Waals surface area (Å²) < 4.78 is 38.2. The Bertz CT molecular complexity index is 1030. The SMILES string of the molecule is Cc1noc(/C=C\c2ccc(S(=O)(=O)NC[C@H]3CCCO3)cc2)c1NC(=O)C1CC1. The van der Waals surface area contributed by atoms with Gasteiger partial charge in [-0.2, -0.15) is 0 Å². The third-order valence-corrected chi connectivity index (χ3v) is 6.67. The molecule has 2 N–H and O–H groups in total. The van der Waals surface area contributed by atoms with Crippen molar-refractivity contribution in [1.29, 1.82) is 0 Å².